The van der Waals surface area contributed by atoms with E-state index in [0.717, 1.165) is 5.56 Å². The maximum atomic E-state index is 10.9. The fraction of sp³-hybridized carbons (Fsp3) is 0.545. The fourth-order valence-electron chi connectivity index (χ4n) is 1.51. The number of methoxy groups -OCH3 is 1. The number of nitro groups is 1. The molecule has 0 aliphatic carbocycles. The summed E-state index contributed by atoms with van der Waals surface area (Å²) in [4.78, 5) is 14.5. The third kappa shape index (κ3) is 3.67. The topological polar surface area (TPSA) is 77.3 Å². The maximum absolute atomic E-state index is 10.9. The van der Waals surface area contributed by atoms with Crippen LogP contribution >= 0.6 is 0 Å². The van der Waals surface area contributed by atoms with Gasteiger partial charge in [-0.3, -0.25) is 10.1 Å². The van der Waals surface area contributed by atoms with E-state index in [4.69, 9.17) is 4.74 Å². The zero-order chi connectivity index (χ0) is 13.1. The number of pyridine rings is 1. The highest BCUT2D eigenvalue weighted by Gasteiger charge is 2.23. The van der Waals surface area contributed by atoms with Crippen molar-refractivity contribution in [3.05, 3.63) is 27.9 Å². The first-order valence-corrected chi connectivity index (χ1v) is 5.24. The van der Waals surface area contributed by atoms with Crippen molar-refractivity contribution in [1.82, 2.24) is 4.98 Å². The predicted octanol–water partition coefficient (Wildman–Crippen LogP) is 2.14. The molecule has 0 radical (unpaired) electrons. The first-order valence-electron chi connectivity index (χ1n) is 5.24. The van der Waals surface area contributed by atoms with Crippen LogP contribution in [0.4, 0.5) is 11.5 Å². The Kier molecular flexibility index (Phi) is 4.01. The van der Waals surface area contributed by atoms with Crippen molar-refractivity contribution >= 4 is 11.5 Å². The van der Waals surface area contributed by atoms with Gasteiger partial charge in [0.05, 0.1) is 17.1 Å². The van der Waals surface area contributed by atoms with Gasteiger partial charge in [-0.25, -0.2) is 4.98 Å². The molecule has 0 saturated heterocycles. The van der Waals surface area contributed by atoms with Gasteiger partial charge in [0.1, 0.15) is 0 Å². The second kappa shape index (κ2) is 5.09. The second-order valence-corrected chi connectivity index (χ2v) is 4.58. The summed E-state index contributed by atoms with van der Waals surface area (Å²) in [6.45, 7) is 5.98. The van der Waals surface area contributed by atoms with Crippen LogP contribution in [0.25, 0.3) is 0 Å². The molecule has 0 spiro atoms. The molecule has 1 heterocycles. The van der Waals surface area contributed by atoms with Gasteiger partial charge in [-0.05, 0) is 26.3 Å². The third-order valence-corrected chi connectivity index (χ3v) is 2.16. The summed E-state index contributed by atoms with van der Waals surface area (Å²) in [5.74, 6) is 0.266. The molecular formula is C11H17N3O3. The summed E-state index contributed by atoms with van der Waals surface area (Å²) in [6, 6.07) is 1.50. The van der Waals surface area contributed by atoms with Crippen LogP contribution in [-0.2, 0) is 4.74 Å². The monoisotopic (exact) mass is 239 g/mol. The Morgan fingerprint density at radius 3 is 2.76 bits per heavy atom. The molecule has 6 nitrogen and oxygen atoms in total. The number of rotatable bonds is 5. The summed E-state index contributed by atoms with van der Waals surface area (Å²) in [7, 11) is 1.58. The van der Waals surface area contributed by atoms with Gasteiger partial charge >= 0.3 is 5.69 Å². The number of anilines is 1. The molecule has 0 aliphatic rings. The molecule has 0 atom stereocenters. The molecule has 0 fully saturated rings. The van der Waals surface area contributed by atoms with Crippen LogP contribution in [0.3, 0.4) is 0 Å². The van der Waals surface area contributed by atoms with Crippen LogP contribution in [0, 0.1) is 17.0 Å². The Hall–Kier alpha value is -1.69. The lowest BCUT2D eigenvalue weighted by Gasteiger charge is -2.25. The van der Waals surface area contributed by atoms with Crippen LogP contribution in [0.2, 0.25) is 0 Å². The number of aromatic nitrogens is 1. The lowest BCUT2D eigenvalue weighted by molar-refractivity contribution is -0.384. The Morgan fingerprint density at radius 1 is 1.59 bits per heavy atom. The van der Waals surface area contributed by atoms with Gasteiger partial charge in [0.2, 0.25) is 5.82 Å². The standard InChI is InChI=1S/C11H17N3O3/c1-8-5-9(14(15)16)10(12-6-8)13-11(2,3)7-17-4/h5-6H,7H2,1-4H3,(H,12,13). The number of nitrogens with zero attached hydrogens (tertiary/aromatic N) is 2. The summed E-state index contributed by atoms with van der Waals surface area (Å²) >= 11 is 0. The molecule has 0 unspecified atom stereocenters. The molecule has 1 aromatic heterocycles. The molecule has 1 aromatic rings. The van der Waals surface area contributed by atoms with Crippen molar-refractivity contribution in [2.45, 2.75) is 26.3 Å². The second-order valence-electron chi connectivity index (χ2n) is 4.58. The van der Waals surface area contributed by atoms with Crippen LogP contribution in [0.1, 0.15) is 19.4 Å². The Bertz CT molecular complexity index is 418. The molecule has 1 N–H and O–H groups in total. The first-order chi connectivity index (χ1) is 7.85. The van der Waals surface area contributed by atoms with E-state index in [1.165, 1.54) is 6.07 Å². The first kappa shape index (κ1) is 13.4. The lowest BCUT2D eigenvalue weighted by Crippen LogP contribution is -2.36. The van der Waals surface area contributed by atoms with Crippen LogP contribution in [0.15, 0.2) is 12.3 Å². The number of hydrogen-bond acceptors (Lipinski definition) is 5. The van der Waals surface area contributed by atoms with Crippen molar-refractivity contribution in [2.24, 2.45) is 0 Å². The zero-order valence-corrected chi connectivity index (χ0v) is 10.5. The molecular weight excluding hydrogens is 222 g/mol. The number of ether oxygens (including phenoxy) is 1. The van der Waals surface area contributed by atoms with Gasteiger partial charge in [-0.1, -0.05) is 0 Å². The van der Waals surface area contributed by atoms with E-state index >= 15 is 0 Å². The van der Waals surface area contributed by atoms with E-state index < -0.39 is 10.5 Å². The molecule has 6 heteroatoms. The smallest absolute Gasteiger partial charge is 0.311 e. The van der Waals surface area contributed by atoms with Crippen LogP contribution in [0.5, 0.6) is 0 Å². The largest absolute Gasteiger partial charge is 0.382 e. The van der Waals surface area contributed by atoms with Gasteiger partial charge in [0.25, 0.3) is 0 Å². The summed E-state index contributed by atoms with van der Waals surface area (Å²) < 4.78 is 5.04. The molecule has 0 amide bonds. The molecule has 0 bridgehead atoms. The Labute approximate surface area is 100 Å². The summed E-state index contributed by atoms with van der Waals surface area (Å²) in [5, 5.41) is 13.9. The van der Waals surface area contributed by atoms with Crippen molar-refractivity contribution in [3.8, 4) is 0 Å². The zero-order valence-electron chi connectivity index (χ0n) is 10.5. The van der Waals surface area contributed by atoms with E-state index in [1.807, 2.05) is 13.8 Å². The van der Waals surface area contributed by atoms with E-state index in [2.05, 4.69) is 10.3 Å². The molecule has 94 valence electrons. The minimum absolute atomic E-state index is 0.0193. The fourth-order valence-corrected chi connectivity index (χ4v) is 1.51. The average Bonchev–Trinajstić information content (AvgIpc) is 2.20. The lowest BCUT2D eigenvalue weighted by atomic mass is 10.1. The van der Waals surface area contributed by atoms with Gasteiger partial charge in [-0.15, -0.1) is 0 Å². The van der Waals surface area contributed by atoms with Gasteiger partial charge in [0.15, 0.2) is 0 Å². The number of aryl methyl sites for hydroxylation is 1. The SMILES string of the molecule is COCC(C)(C)Nc1ncc(C)cc1[N+](=O)[O-]. The minimum atomic E-state index is -0.439. The molecule has 0 aliphatic heterocycles. The summed E-state index contributed by atoms with van der Waals surface area (Å²) in [5.41, 5.74) is 0.322. The summed E-state index contributed by atoms with van der Waals surface area (Å²) in [6.07, 6.45) is 1.60. The van der Waals surface area contributed by atoms with Crippen molar-refractivity contribution < 1.29 is 9.66 Å². The minimum Gasteiger partial charge on any atom is -0.382 e. The van der Waals surface area contributed by atoms with Crippen LogP contribution < -0.4 is 5.32 Å². The van der Waals surface area contributed by atoms with Gasteiger partial charge in [0, 0.05) is 19.4 Å². The molecule has 1 rings (SSSR count). The highest BCUT2D eigenvalue weighted by molar-refractivity contribution is 5.57. The number of nitrogens with one attached hydrogen (secondary N) is 1. The predicted molar refractivity (Wildman–Crippen MR) is 65.2 cm³/mol. The quantitative estimate of drug-likeness (QED) is 0.629. The average molecular weight is 239 g/mol. The highest BCUT2D eigenvalue weighted by Crippen LogP contribution is 2.25. The van der Waals surface area contributed by atoms with E-state index in [9.17, 15) is 10.1 Å². The number of hydrogen-bond donors (Lipinski definition) is 1. The van der Waals surface area contributed by atoms with Crippen LogP contribution in [-0.4, -0.2) is 29.2 Å². The van der Waals surface area contributed by atoms with E-state index in [0.29, 0.717) is 6.61 Å². The van der Waals surface area contributed by atoms with Crippen molar-refractivity contribution in [3.63, 3.8) is 0 Å². The van der Waals surface area contributed by atoms with E-state index in [1.54, 1.807) is 20.2 Å². The Balaban J connectivity index is 3.02. The van der Waals surface area contributed by atoms with E-state index in [-0.39, 0.29) is 11.5 Å². The molecule has 0 saturated carbocycles. The normalized spacial score (nSPS) is 11.3. The third-order valence-electron chi connectivity index (χ3n) is 2.16. The van der Waals surface area contributed by atoms with Gasteiger partial charge < -0.3 is 10.1 Å². The van der Waals surface area contributed by atoms with Crippen molar-refractivity contribution in [2.75, 3.05) is 19.0 Å². The highest BCUT2D eigenvalue weighted by atomic mass is 16.6. The van der Waals surface area contributed by atoms with Gasteiger partial charge in [-0.2, -0.15) is 0 Å². The molecule has 17 heavy (non-hydrogen) atoms. The van der Waals surface area contributed by atoms with Crippen molar-refractivity contribution in [1.29, 1.82) is 0 Å². The maximum Gasteiger partial charge on any atom is 0.311 e. The Morgan fingerprint density at radius 2 is 2.24 bits per heavy atom. The molecule has 0 aromatic carbocycles.